The molecule has 2 unspecified atom stereocenters. The van der Waals surface area contributed by atoms with Gasteiger partial charge < -0.3 is 20.1 Å². The van der Waals surface area contributed by atoms with Gasteiger partial charge in [0.15, 0.2) is 0 Å². The second-order valence-electron chi connectivity index (χ2n) is 5.29. The van der Waals surface area contributed by atoms with E-state index >= 15 is 0 Å². The van der Waals surface area contributed by atoms with Crippen molar-refractivity contribution in [2.75, 3.05) is 39.9 Å². The Morgan fingerprint density at radius 3 is 3.06 bits per heavy atom. The molecule has 0 aromatic rings. The molecule has 0 amide bonds. The molecule has 2 saturated heterocycles. The third-order valence-electron chi connectivity index (χ3n) is 3.84. The van der Waals surface area contributed by atoms with Crippen LogP contribution in [0, 0.1) is 0 Å². The second-order valence-corrected chi connectivity index (χ2v) is 5.29. The number of hydrogen-bond donors (Lipinski definition) is 2. The molecule has 2 aliphatic rings. The summed E-state index contributed by atoms with van der Waals surface area (Å²) >= 11 is 0. The second kappa shape index (κ2) is 5.45. The maximum absolute atomic E-state index is 10.1. The summed E-state index contributed by atoms with van der Waals surface area (Å²) in [6, 6.07) is 0.639. The van der Waals surface area contributed by atoms with Gasteiger partial charge in [0.05, 0.1) is 6.61 Å². The monoisotopic (exact) mass is 228 g/mol. The molecule has 16 heavy (non-hydrogen) atoms. The number of ether oxygens (including phenoxy) is 1. The van der Waals surface area contributed by atoms with Gasteiger partial charge in [-0.1, -0.05) is 6.42 Å². The normalized spacial score (nSPS) is 36.8. The maximum Gasteiger partial charge on any atom is 0.102 e. The summed E-state index contributed by atoms with van der Waals surface area (Å²) in [5.74, 6) is 0. The van der Waals surface area contributed by atoms with Crippen LogP contribution in [0.1, 0.15) is 25.7 Å². The Bertz CT molecular complexity index is 217. The summed E-state index contributed by atoms with van der Waals surface area (Å²) in [6.07, 6.45) is 4.70. The third kappa shape index (κ3) is 3.17. The van der Waals surface area contributed by atoms with Gasteiger partial charge in [-0.2, -0.15) is 0 Å². The van der Waals surface area contributed by atoms with Crippen LogP contribution in [0.15, 0.2) is 0 Å². The Kier molecular flexibility index (Phi) is 4.19. The molecule has 0 aromatic heterocycles. The summed E-state index contributed by atoms with van der Waals surface area (Å²) < 4.78 is 5.22. The number of likely N-dealkylation sites (tertiary alicyclic amines) is 1. The van der Waals surface area contributed by atoms with Gasteiger partial charge in [-0.15, -0.1) is 0 Å². The van der Waals surface area contributed by atoms with Crippen LogP contribution in [0.3, 0.4) is 0 Å². The maximum atomic E-state index is 10.1. The van der Waals surface area contributed by atoms with Crippen molar-refractivity contribution >= 4 is 0 Å². The van der Waals surface area contributed by atoms with Crippen LogP contribution < -0.4 is 5.32 Å². The standard InChI is InChI=1S/C12H24N2O2/c1-14-6-3-2-4-11(14)8-13-9-12(15)5-7-16-10-12/h11,13,15H,2-10H2,1H3. The molecule has 2 fully saturated rings. The average molecular weight is 228 g/mol. The molecule has 0 saturated carbocycles. The molecule has 0 aromatic carbocycles. The lowest BCUT2D eigenvalue weighted by atomic mass is 10.0. The van der Waals surface area contributed by atoms with Gasteiger partial charge >= 0.3 is 0 Å². The fourth-order valence-electron chi connectivity index (χ4n) is 2.61. The first-order valence-corrected chi connectivity index (χ1v) is 6.41. The summed E-state index contributed by atoms with van der Waals surface area (Å²) in [6.45, 7) is 4.04. The summed E-state index contributed by atoms with van der Waals surface area (Å²) in [5, 5.41) is 13.5. The Morgan fingerprint density at radius 2 is 2.38 bits per heavy atom. The van der Waals surface area contributed by atoms with Gasteiger partial charge in [-0.05, 0) is 26.4 Å². The van der Waals surface area contributed by atoms with Crippen molar-refractivity contribution in [2.24, 2.45) is 0 Å². The van der Waals surface area contributed by atoms with Crippen molar-refractivity contribution in [1.29, 1.82) is 0 Å². The molecule has 4 heteroatoms. The van der Waals surface area contributed by atoms with Gasteiger partial charge in [0.2, 0.25) is 0 Å². The molecular formula is C12H24N2O2. The molecule has 2 atom stereocenters. The zero-order valence-electron chi connectivity index (χ0n) is 10.2. The van der Waals surface area contributed by atoms with Crippen molar-refractivity contribution < 1.29 is 9.84 Å². The smallest absolute Gasteiger partial charge is 0.102 e. The Balaban J connectivity index is 1.66. The molecule has 2 heterocycles. The Labute approximate surface area is 98.0 Å². The Morgan fingerprint density at radius 1 is 1.50 bits per heavy atom. The number of hydrogen-bond acceptors (Lipinski definition) is 4. The van der Waals surface area contributed by atoms with Crippen molar-refractivity contribution in [3.63, 3.8) is 0 Å². The van der Waals surface area contributed by atoms with Crippen LogP contribution in [0.5, 0.6) is 0 Å². The molecule has 94 valence electrons. The molecule has 0 spiro atoms. The lowest BCUT2D eigenvalue weighted by Crippen LogP contribution is -2.48. The zero-order valence-corrected chi connectivity index (χ0v) is 10.2. The van der Waals surface area contributed by atoms with E-state index in [1.807, 2.05) is 0 Å². The molecule has 0 aliphatic carbocycles. The summed E-state index contributed by atoms with van der Waals surface area (Å²) in [5.41, 5.74) is -0.618. The van der Waals surface area contributed by atoms with Gasteiger partial charge in [0.1, 0.15) is 5.60 Å². The third-order valence-corrected chi connectivity index (χ3v) is 3.84. The number of piperidine rings is 1. The molecule has 2 rings (SSSR count). The van der Waals surface area contributed by atoms with Crippen molar-refractivity contribution in [1.82, 2.24) is 10.2 Å². The highest BCUT2D eigenvalue weighted by Crippen LogP contribution is 2.18. The number of rotatable bonds is 4. The number of likely N-dealkylation sites (N-methyl/N-ethyl adjacent to an activating group) is 1. The molecule has 2 aliphatic heterocycles. The topological polar surface area (TPSA) is 44.7 Å². The summed E-state index contributed by atoms with van der Waals surface area (Å²) in [7, 11) is 2.19. The summed E-state index contributed by atoms with van der Waals surface area (Å²) in [4.78, 5) is 2.42. The van der Waals surface area contributed by atoms with Crippen LogP contribution in [0.4, 0.5) is 0 Å². The SMILES string of the molecule is CN1CCCCC1CNCC1(O)CCOC1. The number of aliphatic hydroxyl groups is 1. The molecular weight excluding hydrogens is 204 g/mol. The van der Waals surface area contributed by atoms with Crippen molar-refractivity contribution in [2.45, 2.75) is 37.3 Å². The number of nitrogens with zero attached hydrogens (tertiary/aromatic N) is 1. The lowest BCUT2D eigenvalue weighted by Gasteiger charge is -2.33. The van der Waals surface area contributed by atoms with E-state index in [1.54, 1.807) is 0 Å². The first-order valence-electron chi connectivity index (χ1n) is 6.41. The van der Waals surface area contributed by atoms with E-state index in [1.165, 1.54) is 25.8 Å². The Hall–Kier alpha value is -0.160. The molecule has 0 bridgehead atoms. The van der Waals surface area contributed by atoms with E-state index in [0.29, 0.717) is 25.8 Å². The fourth-order valence-corrected chi connectivity index (χ4v) is 2.61. The largest absolute Gasteiger partial charge is 0.386 e. The predicted molar refractivity (Wildman–Crippen MR) is 63.5 cm³/mol. The first kappa shape index (κ1) is 12.3. The van der Waals surface area contributed by atoms with E-state index in [0.717, 1.165) is 13.0 Å². The van der Waals surface area contributed by atoms with Crippen molar-refractivity contribution in [3.05, 3.63) is 0 Å². The molecule has 0 radical (unpaired) electrons. The van der Waals surface area contributed by atoms with Crippen LogP contribution >= 0.6 is 0 Å². The van der Waals surface area contributed by atoms with Crippen LogP contribution in [-0.4, -0.2) is 61.5 Å². The minimum Gasteiger partial charge on any atom is -0.386 e. The first-order chi connectivity index (χ1) is 7.70. The van der Waals surface area contributed by atoms with E-state index in [4.69, 9.17) is 4.74 Å². The van der Waals surface area contributed by atoms with Gasteiger partial charge in [-0.3, -0.25) is 0 Å². The van der Waals surface area contributed by atoms with Gasteiger partial charge in [-0.25, -0.2) is 0 Å². The predicted octanol–water partition coefficient (Wildman–Crippen LogP) is 0.212. The van der Waals surface area contributed by atoms with Crippen LogP contribution in [0.25, 0.3) is 0 Å². The van der Waals surface area contributed by atoms with Gasteiger partial charge in [0.25, 0.3) is 0 Å². The van der Waals surface area contributed by atoms with E-state index in [-0.39, 0.29) is 0 Å². The minimum absolute atomic E-state index is 0.487. The highest BCUT2D eigenvalue weighted by atomic mass is 16.5. The molecule has 4 nitrogen and oxygen atoms in total. The van der Waals surface area contributed by atoms with E-state index < -0.39 is 5.60 Å². The molecule has 2 N–H and O–H groups in total. The highest BCUT2D eigenvalue weighted by Gasteiger charge is 2.32. The highest BCUT2D eigenvalue weighted by molar-refractivity contribution is 4.86. The minimum atomic E-state index is -0.618. The van der Waals surface area contributed by atoms with Crippen LogP contribution in [0.2, 0.25) is 0 Å². The zero-order chi connectivity index (χ0) is 11.4. The fraction of sp³-hybridized carbons (Fsp3) is 1.00. The van der Waals surface area contributed by atoms with Gasteiger partial charge in [0, 0.05) is 32.2 Å². The lowest BCUT2D eigenvalue weighted by molar-refractivity contribution is 0.0252. The number of nitrogens with one attached hydrogen (secondary N) is 1. The van der Waals surface area contributed by atoms with E-state index in [2.05, 4.69) is 17.3 Å². The average Bonchev–Trinajstić information content (AvgIpc) is 2.68. The quantitative estimate of drug-likeness (QED) is 0.722. The van der Waals surface area contributed by atoms with Crippen LogP contribution in [-0.2, 0) is 4.74 Å². The van der Waals surface area contributed by atoms with Crippen molar-refractivity contribution in [3.8, 4) is 0 Å². The van der Waals surface area contributed by atoms with E-state index in [9.17, 15) is 5.11 Å².